The lowest BCUT2D eigenvalue weighted by Gasteiger charge is -2.31. The molecule has 1 aromatic rings. The molecule has 2 nitrogen and oxygen atoms in total. The van der Waals surface area contributed by atoms with E-state index in [1.54, 1.807) is 6.07 Å². The van der Waals surface area contributed by atoms with Crippen LogP contribution in [0.25, 0.3) is 0 Å². The van der Waals surface area contributed by atoms with Gasteiger partial charge in [-0.2, -0.15) is 0 Å². The van der Waals surface area contributed by atoms with Crippen molar-refractivity contribution in [1.82, 2.24) is 4.90 Å². The van der Waals surface area contributed by atoms with E-state index >= 15 is 0 Å². The van der Waals surface area contributed by atoms with Gasteiger partial charge >= 0.3 is 0 Å². The van der Waals surface area contributed by atoms with Crippen LogP contribution in [0.5, 0.6) is 5.75 Å². The molecule has 0 radical (unpaired) electrons. The molecule has 1 saturated heterocycles. The number of piperidine rings is 1. The molecule has 1 fully saturated rings. The average molecular weight is 306 g/mol. The number of benzene rings is 1. The van der Waals surface area contributed by atoms with E-state index in [1.807, 2.05) is 17.0 Å². The van der Waals surface area contributed by atoms with E-state index in [-0.39, 0.29) is 18.6 Å². The van der Waals surface area contributed by atoms with Crippen molar-refractivity contribution in [3.05, 3.63) is 28.2 Å². The summed E-state index contributed by atoms with van der Waals surface area (Å²) in [5.41, 5.74) is 1.01. The summed E-state index contributed by atoms with van der Waals surface area (Å²) in [4.78, 5) is 2.01. The van der Waals surface area contributed by atoms with Crippen molar-refractivity contribution in [3.8, 4) is 5.75 Å². The number of likely N-dealkylation sites (tertiary alicyclic amines) is 1. The summed E-state index contributed by atoms with van der Waals surface area (Å²) < 4.78 is 26.6. The highest BCUT2D eigenvalue weighted by atomic mass is 79.9. The molecule has 1 N–H and O–H groups in total. The Morgan fingerprint density at radius 1 is 1.29 bits per heavy atom. The molecule has 1 aliphatic rings. The third kappa shape index (κ3) is 3.39. The number of alkyl halides is 2. The quantitative estimate of drug-likeness (QED) is 0.905. The molecule has 2 rings (SSSR count). The predicted octanol–water partition coefficient (Wildman–Crippen LogP) is 3.39. The molecule has 0 saturated carbocycles. The summed E-state index contributed by atoms with van der Waals surface area (Å²) in [6.07, 6.45) is -0.126. The standard InChI is InChI=1S/C12H14BrF2NO/c13-10-7-9(1-2-11(10)17)8-16-5-3-12(14,15)4-6-16/h1-2,7,17H,3-6,8H2. The Morgan fingerprint density at radius 2 is 1.94 bits per heavy atom. The molecule has 0 spiro atoms. The Balaban J connectivity index is 1.95. The number of hydrogen-bond acceptors (Lipinski definition) is 2. The van der Waals surface area contributed by atoms with Crippen LogP contribution in [-0.2, 0) is 6.54 Å². The first-order valence-electron chi connectivity index (χ1n) is 5.54. The van der Waals surface area contributed by atoms with Crippen LogP contribution in [0, 0.1) is 0 Å². The normalized spacial score (nSPS) is 20.4. The Hall–Kier alpha value is -0.680. The van der Waals surface area contributed by atoms with Crippen molar-refractivity contribution >= 4 is 15.9 Å². The van der Waals surface area contributed by atoms with Gasteiger partial charge in [0.2, 0.25) is 0 Å². The molecule has 1 aliphatic heterocycles. The largest absolute Gasteiger partial charge is 0.507 e. The maximum atomic E-state index is 13.0. The molecular weight excluding hydrogens is 292 g/mol. The van der Waals surface area contributed by atoms with Crippen LogP contribution in [0.4, 0.5) is 8.78 Å². The number of halogens is 3. The first kappa shape index (κ1) is 12.8. The first-order valence-corrected chi connectivity index (χ1v) is 6.33. The lowest BCUT2D eigenvalue weighted by molar-refractivity contribution is -0.0566. The fourth-order valence-corrected chi connectivity index (χ4v) is 2.37. The highest BCUT2D eigenvalue weighted by Crippen LogP contribution is 2.29. The first-order chi connectivity index (χ1) is 7.96. The van der Waals surface area contributed by atoms with Crippen LogP contribution >= 0.6 is 15.9 Å². The molecule has 0 atom stereocenters. The Morgan fingerprint density at radius 3 is 2.53 bits per heavy atom. The van der Waals surface area contributed by atoms with Gasteiger partial charge in [-0.25, -0.2) is 8.78 Å². The number of phenols is 1. The van der Waals surface area contributed by atoms with E-state index in [2.05, 4.69) is 15.9 Å². The van der Waals surface area contributed by atoms with Gasteiger partial charge < -0.3 is 5.11 Å². The summed E-state index contributed by atoms with van der Waals surface area (Å²) in [6.45, 7) is 1.49. The van der Waals surface area contributed by atoms with Crippen LogP contribution in [0.2, 0.25) is 0 Å². The van der Waals surface area contributed by atoms with Crippen LogP contribution in [0.3, 0.4) is 0 Å². The van der Waals surface area contributed by atoms with Crippen LogP contribution in [-0.4, -0.2) is 29.0 Å². The Kier molecular flexibility index (Phi) is 3.68. The van der Waals surface area contributed by atoms with Crippen molar-refractivity contribution in [2.45, 2.75) is 25.3 Å². The van der Waals surface area contributed by atoms with Gasteiger partial charge in [0.05, 0.1) is 4.47 Å². The second-order valence-corrected chi connectivity index (χ2v) is 5.27. The van der Waals surface area contributed by atoms with Gasteiger partial charge in [-0.05, 0) is 33.6 Å². The second-order valence-electron chi connectivity index (χ2n) is 4.42. The van der Waals surface area contributed by atoms with Crippen molar-refractivity contribution in [1.29, 1.82) is 0 Å². The minimum atomic E-state index is -2.49. The number of phenolic OH excluding ortho intramolecular Hbond substituents is 1. The third-order valence-electron chi connectivity index (χ3n) is 3.01. The van der Waals surface area contributed by atoms with Gasteiger partial charge in [0.15, 0.2) is 0 Å². The van der Waals surface area contributed by atoms with Crippen molar-refractivity contribution in [2.24, 2.45) is 0 Å². The molecule has 94 valence electrons. The van der Waals surface area contributed by atoms with Crippen LogP contribution < -0.4 is 0 Å². The number of rotatable bonds is 2. The maximum absolute atomic E-state index is 13.0. The maximum Gasteiger partial charge on any atom is 0.250 e. The van der Waals surface area contributed by atoms with E-state index in [0.29, 0.717) is 24.1 Å². The Bertz CT molecular complexity index is 401. The molecule has 17 heavy (non-hydrogen) atoms. The molecule has 1 heterocycles. The van der Waals surface area contributed by atoms with E-state index in [1.165, 1.54) is 0 Å². The third-order valence-corrected chi connectivity index (χ3v) is 3.64. The van der Waals surface area contributed by atoms with Gasteiger partial charge in [-0.1, -0.05) is 6.07 Å². The average Bonchev–Trinajstić information content (AvgIpc) is 2.27. The minimum absolute atomic E-state index is 0.0632. The SMILES string of the molecule is Oc1ccc(CN2CCC(F)(F)CC2)cc1Br. The number of hydrogen-bond donors (Lipinski definition) is 1. The summed E-state index contributed by atoms with van der Waals surface area (Å²) >= 11 is 3.24. The zero-order chi connectivity index (χ0) is 12.5. The lowest BCUT2D eigenvalue weighted by atomic mass is 10.1. The van der Waals surface area contributed by atoms with E-state index in [9.17, 15) is 13.9 Å². The summed E-state index contributed by atoms with van der Waals surface area (Å²) in [7, 11) is 0. The van der Waals surface area contributed by atoms with Crippen LogP contribution in [0.1, 0.15) is 18.4 Å². The van der Waals surface area contributed by atoms with Crippen molar-refractivity contribution in [2.75, 3.05) is 13.1 Å². The fraction of sp³-hybridized carbons (Fsp3) is 0.500. The zero-order valence-corrected chi connectivity index (χ0v) is 10.9. The molecule has 0 aliphatic carbocycles. The molecule has 1 aromatic carbocycles. The zero-order valence-electron chi connectivity index (χ0n) is 9.30. The topological polar surface area (TPSA) is 23.5 Å². The number of nitrogens with zero attached hydrogens (tertiary/aromatic N) is 1. The molecule has 0 unspecified atom stereocenters. The van der Waals surface area contributed by atoms with Gasteiger partial charge in [-0.3, -0.25) is 4.90 Å². The predicted molar refractivity (Wildman–Crippen MR) is 65.3 cm³/mol. The van der Waals surface area contributed by atoms with Gasteiger partial charge in [0.1, 0.15) is 5.75 Å². The monoisotopic (exact) mass is 305 g/mol. The summed E-state index contributed by atoms with van der Waals surface area (Å²) in [6, 6.07) is 5.24. The van der Waals surface area contributed by atoms with E-state index in [4.69, 9.17) is 0 Å². The van der Waals surface area contributed by atoms with Gasteiger partial charge in [0, 0.05) is 32.5 Å². The molecule has 0 bridgehead atoms. The van der Waals surface area contributed by atoms with Crippen molar-refractivity contribution < 1.29 is 13.9 Å². The van der Waals surface area contributed by atoms with E-state index < -0.39 is 5.92 Å². The molecule has 0 amide bonds. The fourth-order valence-electron chi connectivity index (χ4n) is 1.95. The highest BCUT2D eigenvalue weighted by molar-refractivity contribution is 9.10. The Labute approximate surface area is 107 Å². The van der Waals surface area contributed by atoms with Crippen molar-refractivity contribution in [3.63, 3.8) is 0 Å². The summed E-state index contributed by atoms with van der Waals surface area (Å²) in [5.74, 6) is -2.30. The molecular formula is C12H14BrF2NO. The lowest BCUT2D eigenvalue weighted by Crippen LogP contribution is -2.38. The minimum Gasteiger partial charge on any atom is -0.507 e. The van der Waals surface area contributed by atoms with Gasteiger partial charge in [0.25, 0.3) is 5.92 Å². The summed E-state index contributed by atoms with van der Waals surface area (Å²) in [5, 5.41) is 9.36. The second kappa shape index (κ2) is 4.90. The van der Waals surface area contributed by atoms with Gasteiger partial charge in [-0.15, -0.1) is 0 Å². The smallest absolute Gasteiger partial charge is 0.250 e. The highest BCUT2D eigenvalue weighted by Gasteiger charge is 2.33. The van der Waals surface area contributed by atoms with Crippen LogP contribution in [0.15, 0.2) is 22.7 Å². The molecule has 5 heteroatoms. The number of aromatic hydroxyl groups is 1. The van der Waals surface area contributed by atoms with E-state index in [0.717, 1.165) is 5.56 Å². The molecule has 0 aromatic heterocycles.